The number of carbonyl (C=O) groups is 1. The molecule has 1 aromatic rings. The third-order valence-electron chi connectivity index (χ3n) is 3.05. The lowest BCUT2D eigenvalue weighted by atomic mass is 9.99. The predicted molar refractivity (Wildman–Crippen MR) is 80.1 cm³/mol. The van der Waals surface area contributed by atoms with E-state index in [2.05, 4.69) is 22.2 Å². The zero-order chi connectivity index (χ0) is 15.0. The van der Waals surface area contributed by atoms with Crippen molar-refractivity contribution in [1.29, 1.82) is 0 Å². The van der Waals surface area contributed by atoms with Gasteiger partial charge in [-0.25, -0.2) is 0 Å². The van der Waals surface area contributed by atoms with Crippen LogP contribution in [0, 0.1) is 0 Å². The first-order valence-electron chi connectivity index (χ1n) is 6.92. The van der Waals surface area contributed by atoms with Crippen LogP contribution in [-0.2, 0) is 9.53 Å². The molecule has 1 aromatic carbocycles. The molecule has 1 atom stereocenters. The van der Waals surface area contributed by atoms with Crippen LogP contribution in [0.1, 0.15) is 38.7 Å². The maximum absolute atomic E-state index is 9.60. The fourth-order valence-electron chi connectivity index (χ4n) is 1.96. The first-order valence-corrected chi connectivity index (χ1v) is 6.92. The molecule has 1 aliphatic rings. The van der Waals surface area contributed by atoms with Crippen LogP contribution in [0.3, 0.4) is 0 Å². The summed E-state index contributed by atoms with van der Waals surface area (Å²) in [5.74, 6) is 1.64. The molecule has 4 heteroatoms. The molecule has 0 radical (unpaired) electrons. The maximum Gasteiger partial charge on any atom is 0.293 e. The largest absolute Gasteiger partial charge is 0.497 e. The highest BCUT2D eigenvalue weighted by atomic mass is 16.5. The Hall–Kier alpha value is -1.55. The Morgan fingerprint density at radius 1 is 1.25 bits per heavy atom. The average molecular weight is 279 g/mol. The third kappa shape index (κ3) is 6.06. The molecule has 0 bridgehead atoms. The zero-order valence-corrected chi connectivity index (χ0v) is 12.8. The average Bonchev–Trinajstić information content (AvgIpc) is 2.92. The lowest BCUT2D eigenvalue weighted by molar-refractivity contribution is -0.138. The summed E-state index contributed by atoms with van der Waals surface area (Å²) >= 11 is 0. The molecular weight excluding hydrogens is 254 g/mol. The fraction of sp³-hybridized carbons (Fsp3) is 0.562. The number of hydrogen-bond donors (Lipinski definition) is 1. The van der Waals surface area contributed by atoms with Gasteiger partial charge in [-0.2, -0.15) is 0 Å². The van der Waals surface area contributed by atoms with Crippen LogP contribution >= 0.6 is 0 Å². The molecular formula is C16H25NO3. The van der Waals surface area contributed by atoms with Gasteiger partial charge in [0.2, 0.25) is 0 Å². The van der Waals surface area contributed by atoms with Crippen molar-refractivity contribution in [2.24, 2.45) is 0 Å². The molecule has 1 aliphatic heterocycles. The first kappa shape index (κ1) is 16.5. The summed E-state index contributed by atoms with van der Waals surface area (Å²) in [5.41, 5.74) is 1.10. The maximum atomic E-state index is 9.60. The molecule has 1 saturated heterocycles. The van der Waals surface area contributed by atoms with Gasteiger partial charge in [0.1, 0.15) is 11.4 Å². The highest BCUT2D eigenvalue weighted by molar-refractivity contribution is 5.37. The summed E-state index contributed by atoms with van der Waals surface area (Å²) in [6.07, 6.45) is 1.26. The highest BCUT2D eigenvalue weighted by Gasteiger charge is 2.15. The Morgan fingerprint density at radius 2 is 1.90 bits per heavy atom. The molecule has 0 amide bonds. The molecule has 1 unspecified atom stereocenters. The van der Waals surface area contributed by atoms with E-state index in [9.17, 15) is 4.79 Å². The number of rotatable bonds is 3. The van der Waals surface area contributed by atoms with Gasteiger partial charge in [-0.05, 0) is 57.4 Å². The van der Waals surface area contributed by atoms with Crippen LogP contribution in [-0.4, -0.2) is 32.3 Å². The van der Waals surface area contributed by atoms with Crippen molar-refractivity contribution in [3.8, 4) is 5.75 Å². The number of hydrogen-bond acceptors (Lipinski definition) is 4. The van der Waals surface area contributed by atoms with Crippen molar-refractivity contribution in [3.05, 3.63) is 29.8 Å². The van der Waals surface area contributed by atoms with Gasteiger partial charge in [-0.15, -0.1) is 0 Å². The van der Waals surface area contributed by atoms with Crippen LogP contribution in [0.15, 0.2) is 24.3 Å². The molecule has 0 spiro atoms. The van der Waals surface area contributed by atoms with Crippen molar-refractivity contribution in [2.75, 3.05) is 20.2 Å². The summed E-state index contributed by atoms with van der Waals surface area (Å²) < 4.78 is 9.66. The molecule has 0 saturated carbocycles. The number of methoxy groups -OCH3 is 1. The van der Waals surface area contributed by atoms with Crippen LogP contribution < -0.4 is 10.1 Å². The third-order valence-corrected chi connectivity index (χ3v) is 3.05. The second-order valence-electron chi connectivity index (χ2n) is 5.79. The van der Waals surface area contributed by atoms with Crippen molar-refractivity contribution < 1.29 is 14.3 Å². The minimum Gasteiger partial charge on any atom is -0.497 e. The van der Waals surface area contributed by atoms with E-state index < -0.39 is 0 Å². The molecule has 1 fully saturated rings. The number of benzene rings is 1. The highest BCUT2D eigenvalue weighted by Crippen LogP contribution is 2.23. The fourth-order valence-corrected chi connectivity index (χ4v) is 1.96. The van der Waals surface area contributed by atoms with E-state index in [4.69, 9.17) is 4.74 Å². The molecule has 1 heterocycles. The van der Waals surface area contributed by atoms with Gasteiger partial charge in [0.05, 0.1) is 7.11 Å². The zero-order valence-electron chi connectivity index (χ0n) is 12.8. The second kappa shape index (κ2) is 7.90. The standard InChI is InChI=1S/C11H15NO.C5H10O2/c1-13-11-4-2-9(3-5-11)10-6-7-12-8-10;1-5(2,3)7-4-6/h2-5,10,12H,6-8H2,1H3;4H,1-3H3. The van der Waals surface area contributed by atoms with E-state index in [-0.39, 0.29) is 5.60 Å². The van der Waals surface area contributed by atoms with Crippen LogP contribution in [0.4, 0.5) is 0 Å². The Labute approximate surface area is 121 Å². The van der Waals surface area contributed by atoms with Gasteiger partial charge in [0.15, 0.2) is 0 Å². The van der Waals surface area contributed by atoms with Crippen molar-refractivity contribution >= 4 is 6.47 Å². The Bertz CT molecular complexity index is 389. The van der Waals surface area contributed by atoms with Gasteiger partial charge in [-0.1, -0.05) is 12.1 Å². The molecule has 0 aromatic heterocycles. The first-order chi connectivity index (χ1) is 9.46. The Morgan fingerprint density at radius 3 is 2.25 bits per heavy atom. The normalized spacial score (nSPS) is 17.9. The molecule has 4 nitrogen and oxygen atoms in total. The summed E-state index contributed by atoms with van der Waals surface area (Å²) in [7, 11) is 1.70. The van der Waals surface area contributed by atoms with E-state index in [1.807, 2.05) is 32.9 Å². The van der Waals surface area contributed by atoms with E-state index >= 15 is 0 Å². The second-order valence-corrected chi connectivity index (χ2v) is 5.79. The van der Waals surface area contributed by atoms with Crippen molar-refractivity contribution in [1.82, 2.24) is 5.32 Å². The Balaban J connectivity index is 0.000000246. The van der Waals surface area contributed by atoms with Gasteiger partial charge < -0.3 is 14.8 Å². The lowest BCUT2D eigenvalue weighted by Crippen LogP contribution is -2.17. The van der Waals surface area contributed by atoms with Crippen molar-refractivity contribution in [2.45, 2.75) is 38.7 Å². The quantitative estimate of drug-likeness (QED) is 0.864. The molecule has 0 aliphatic carbocycles. The topological polar surface area (TPSA) is 47.6 Å². The number of nitrogens with one attached hydrogen (secondary N) is 1. The summed E-state index contributed by atoms with van der Waals surface area (Å²) in [4.78, 5) is 9.60. The minimum atomic E-state index is -0.318. The Kier molecular flexibility index (Phi) is 6.52. The SMILES string of the molecule is CC(C)(C)OC=O.COc1ccc(C2CCNC2)cc1. The molecule has 2 rings (SSSR count). The van der Waals surface area contributed by atoms with E-state index in [0.717, 1.165) is 18.8 Å². The molecule has 20 heavy (non-hydrogen) atoms. The van der Waals surface area contributed by atoms with Gasteiger partial charge in [0.25, 0.3) is 6.47 Å². The van der Waals surface area contributed by atoms with Crippen LogP contribution in [0.5, 0.6) is 5.75 Å². The smallest absolute Gasteiger partial charge is 0.293 e. The minimum absolute atomic E-state index is 0.318. The van der Waals surface area contributed by atoms with Gasteiger partial charge in [-0.3, -0.25) is 4.79 Å². The van der Waals surface area contributed by atoms with Crippen molar-refractivity contribution in [3.63, 3.8) is 0 Å². The summed E-state index contributed by atoms with van der Waals surface area (Å²) in [5, 5.41) is 3.37. The molecule has 1 N–H and O–H groups in total. The van der Waals surface area contributed by atoms with E-state index in [1.165, 1.54) is 12.0 Å². The number of ether oxygens (including phenoxy) is 2. The van der Waals surface area contributed by atoms with Crippen LogP contribution in [0.2, 0.25) is 0 Å². The lowest BCUT2D eigenvalue weighted by Gasteiger charge is -2.14. The summed E-state index contributed by atoms with van der Waals surface area (Å²) in [6, 6.07) is 8.40. The van der Waals surface area contributed by atoms with Crippen LogP contribution in [0.25, 0.3) is 0 Å². The molecule has 112 valence electrons. The van der Waals surface area contributed by atoms with E-state index in [1.54, 1.807) is 7.11 Å². The summed E-state index contributed by atoms with van der Waals surface area (Å²) in [6.45, 7) is 8.19. The number of carbonyl (C=O) groups excluding carboxylic acids is 1. The monoisotopic (exact) mass is 279 g/mol. The van der Waals surface area contributed by atoms with E-state index in [0.29, 0.717) is 12.4 Å². The van der Waals surface area contributed by atoms with Gasteiger partial charge >= 0.3 is 0 Å². The predicted octanol–water partition coefficient (Wildman–Crippen LogP) is 2.73. The van der Waals surface area contributed by atoms with Gasteiger partial charge in [0, 0.05) is 6.54 Å².